The largest absolute Gasteiger partial charge is 0.446 e. The molecule has 1 aromatic heterocycles. The molecule has 0 bridgehead atoms. The van der Waals surface area contributed by atoms with E-state index in [2.05, 4.69) is 19.8 Å². The molecule has 1 fully saturated rings. The molecule has 33 heavy (non-hydrogen) atoms. The summed E-state index contributed by atoms with van der Waals surface area (Å²) in [6.45, 7) is 8.49. The van der Waals surface area contributed by atoms with E-state index < -0.39 is 16.1 Å². The van der Waals surface area contributed by atoms with Crippen LogP contribution in [0.4, 0.5) is 10.5 Å². The van der Waals surface area contributed by atoms with Crippen molar-refractivity contribution in [3.05, 3.63) is 30.1 Å². The zero-order chi connectivity index (χ0) is 24.2. The third-order valence-corrected chi connectivity index (χ3v) is 6.19. The summed E-state index contributed by atoms with van der Waals surface area (Å²) in [5.74, 6) is 0.946. The van der Waals surface area contributed by atoms with E-state index in [4.69, 9.17) is 9.26 Å². The van der Waals surface area contributed by atoms with Crippen molar-refractivity contribution in [3.8, 4) is 11.5 Å². The van der Waals surface area contributed by atoms with Gasteiger partial charge in [0.1, 0.15) is 6.10 Å². The van der Waals surface area contributed by atoms with E-state index in [1.54, 1.807) is 7.05 Å². The van der Waals surface area contributed by atoms with Crippen molar-refractivity contribution >= 4 is 21.8 Å². The number of anilines is 1. The van der Waals surface area contributed by atoms with Crippen LogP contribution in [0.3, 0.4) is 0 Å². The number of benzene rings is 1. The number of ether oxygens (including phenoxy) is 1. The number of nitrogens with one attached hydrogen (secondary N) is 1. The van der Waals surface area contributed by atoms with Crippen molar-refractivity contribution in [3.63, 3.8) is 0 Å². The van der Waals surface area contributed by atoms with Gasteiger partial charge in [-0.2, -0.15) is 4.98 Å². The lowest BCUT2D eigenvalue weighted by Crippen LogP contribution is -2.42. The first-order chi connectivity index (χ1) is 15.4. The molecule has 182 valence electrons. The van der Waals surface area contributed by atoms with Crippen molar-refractivity contribution in [1.29, 1.82) is 0 Å². The Labute approximate surface area is 195 Å². The number of carbonyl (C=O) groups excluding carboxylic acids is 1. The summed E-state index contributed by atoms with van der Waals surface area (Å²) in [6, 6.07) is 7.34. The molecule has 1 N–H and O–H groups in total. The minimum atomic E-state index is -3.18. The average Bonchev–Trinajstić information content (AvgIpc) is 3.24. The summed E-state index contributed by atoms with van der Waals surface area (Å²) in [5.41, 5.74) is 1.03. The van der Waals surface area contributed by atoms with Crippen LogP contribution in [0, 0.1) is 0 Å². The number of likely N-dealkylation sites (tertiary alicyclic amines) is 1. The Hall–Kier alpha value is -2.50. The number of hydrogen-bond donors (Lipinski definition) is 1. The molecule has 1 saturated heterocycles. The summed E-state index contributed by atoms with van der Waals surface area (Å²) in [4.78, 5) is 21.0. The predicted octanol–water partition coefficient (Wildman–Crippen LogP) is 2.62. The molecule has 1 aliphatic rings. The maximum atomic E-state index is 12.9. The molecule has 0 spiro atoms. The van der Waals surface area contributed by atoms with E-state index in [1.807, 2.05) is 45.0 Å². The van der Waals surface area contributed by atoms with Gasteiger partial charge in [-0.3, -0.25) is 4.90 Å². The summed E-state index contributed by atoms with van der Waals surface area (Å²) >= 11 is 0. The highest BCUT2D eigenvalue weighted by Crippen LogP contribution is 2.31. The number of rotatable bonds is 7. The van der Waals surface area contributed by atoms with Gasteiger partial charge < -0.3 is 14.2 Å². The highest BCUT2D eigenvalue weighted by molar-refractivity contribution is 7.88. The number of sulfonamides is 1. The van der Waals surface area contributed by atoms with E-state index >= 15 is 0 Å². The number of para-hydroxylation sites is 1. The smallest absolute Gasteiger partial charge is 0.414 e. The Kier molecular flexibility index (Phi) is 7.76. The van der Waals surface area contributed by atoms with Crippen LogP contribution in [-0.2, 0) is 20.2 Å². The zero-order valence-electron chi connectivity index (χ0n) is 19.9. The van der Waals surface area contributed by atoms with Gasteiger partial charge in [0.25, 0.3) is 5.89 Å². The van der Waals surface area contributed by atoms with Crippen LogP contribution >= 0.6 is 0 Å². The number of amides is 1. The van der Waals surface area contributed by atoms with Gasteiger partial charge in [-0.05, 0) is 25.0 Å². The third kappa shape index (κ3) is 6.99. The van der Waals surface area contributed by atoms with Crippen LogP contribution in [-0.4, -0.2) is 75.1 Å². The minimum Gasteiger partial charge on any atom is -0.446 e. The number of carbonyl (C=O) groups is 1. The number of hydrogen-bond acceptors (Lipinski definition) is 8. The molecule has 2 aromatic rings. The van der Waals surface area contributed by atoms with Crippen LogP contribution < -0.4 is 9.62 Å². The zero-order valence-corrected chi connectivity index (χ0v) is 20.7. The van der Waals surface area contributed by atoms with Crippen molar-refractivity contribution < 1.29 is 22.5 Å². The lowest BCUT2D eigenvalue weighted by atomic mass is 9.96. The van der Waals surface area contributed by atoms with Gasteiger partial charge >= 0.3 is 6.09 Å². The highest BCUT2D eigenvalue weighted by atomic mass is 32.2. The van der Waals surface area contributed by atoms with Crippen LogP contribution in [0.2, 0.25) is 0 Å². The van der Waals surface area contributed by atoms with Gasteiger partial charge in [0.15, 0.2) is 5.82 Å². The topological polar surface area (TPSA) is 118 Å². The van der Waals surface area contributed by atoms with Gasteiger partial charge in [-0.25, -0.2) is 17.9 Å². The fourth-order valence-corrected chi connectivity index (χ4v) is 4.01. The van der Waals surface area contributed by atoms with E-state index in [-0.39, 0.29) is 11.5 Å². The molecule has 0 atom stereocenters. The first-order valence-corrected chi connectivity index (χ1v) is 12.9. The Morgan fingerprint density at radius 2 is 1.94 bits per heavy atom. The Bertz CT molecular complexity index is 1060. The standard InChI is InChI=1S/C22H33N5O5S/c1-22(2,3)20-24-19(32-25-20)17-8-6-7-9-18(17)26(4)21(28)31-16-10-13-27(14-11-16)15-12-23-33(5,29)30/h6-9,16,23H,10-15H2,1-5H3. The molecule has 0 unspecified atom stereocenters. The molecule has 10 nitrogen and oxygen atoms in total. The molecule has 1 aromatic carbocycles. The van der Waals surface area contributed by atoms with Crippen molar-refractivity contribution in [1.82, 2.24) is 19.8 Å². The fraction of sp³-hybridized carbons (Fsp3) is 0.591. The Balaban J connectivity index is 1.59. The Morgan fingerprint density at radius 3 is 2.55 bits per heavy atom. The SMILES string of the molecule is CN(C(=O)OC1CCN(CCNS(C)(=O)=O)CC1)c1ccccc1-c1nc(C(C)(C)C)no1. The molecule has 1 aliphatic heterocycles. The van der Waals surface area contributed by atoms with Crippen molar-refractivity contribution in [2.24, 2.45) is 0 Å². The predicted molar refractivity (Wildman–Crippen MR) is 126 cm³/mol. The summed E-state index contributed by atoms with van der Waals surface area (Å²) < 4.78 is 36.1. The summed E-state index contributed by atoms with van der Waals surface area (Å²) in [6.07, 6.45) is 1.89. The molecular formula is C22H33N5O5S. The first-order valence-electron chi connectivity index (χ1n) is 11.0. The molecule has 3 rings (SSSR count). The van der Waals surface area contributed by atoms with E-state index in [0.717, 1.165) is 19.3 Å². The molecule has 0 radical (unpaired) electrons. The van der Waals surface area contributed by atoms with Crippen LogP contribution in [0.25, 0.3) is 11.5 Å². The van der Waals surface area contributed by atoms with E-state index in [9.17, 15) is 13.2 Å². The van der Waals surface area contributed by atoms with Crippen molar-refractivity contribution in [2.75, 3.05) is 44.4 Å². The summed E-state index contributed by atoms with van der Waals surface area (Å²) in [5, 5.41) is 4.08. The molecule has 0 saturated carbocycles. The van der Waals surface area contributed by atoms with Gasteiger partial charge in [0.2, 0.25) is 10.0 Å². The van der Waals surface area contributed by atoms with Crippen LogP contribution in [0.1, 0.15) is 39.4 Å². The minimum absolute atomic E-state index is 0.192. The first kappa shape index (κ1) is 25.1. The number of piperidine rings is 1. The molecule has 1 amide bonds. The average molecular weight is 480 g/mol. The van der Waals surface area contributed by atoms with E-state index in [1.165, 1.54) is 4.90 Å². The van der Waals surface area contributed by atoms with Gasteiger partial charge in [0, 0.05) is 38.6 Å². The van der Waals surface area contributed by atoms with Gasteiger partial charge in [-0.1, -0.05) is 38.1 Å². The molecule has 11 heteroatoms. The molecule has 2 heterocycles. The van der Waals surface area contributed by atoms with Gasteiger partial charge in [0.05, 0.1) is 17.5 Å². The maximum Gasteiger partial charge on any atom is 0.414 e. The second kappa shape index (κ2) is 10.2. The maximum absolute atomic E-state index is 12.9. The molecule has 0 aliphatic carbocycles. The lowest BCUT2D eigenvalue weighted by Gasteiger charge is -2.32. The van der Waals surface area contributed by atoms with Crippen LogP contribution in [0.15, 0.2) is 28.8 Å². The normalized spacial score (nSPS) is 16.0. The highest BCUT2D eigenvalue weighted by Gasteiger charge is 2.27. The second-order valence-electron chi connectivity index (χ2n) is 9.34. The van der Waals surface area contributed by atoms with Crippen LogP contribution in [0.5, 0.6) is 0 Å². The van der Waals surface area contributed by atoms with Crippen molar-refractivity contribution in [2.45, 2.75) is 45.1 Å². The Morgan fingerprint density at radius 1 is 1.27 bits per heavy atom. The van der Waals surface area contributed by atoms with Gasteiger partial charge in [-0.15, -0.1) is 0 Å². The number of nitrogens with zero attached hydrogens (tertiary/aromatic N) is 4. The monoisotopic (exact) mass is 479 g/mol. The number of aromatic nitrogens is 2. The second-order valence-corrected chi connectivity index (χ2v) is 11.2. The molecular weight excluding hydrogens is 446 g/mol. The fourth-order valence-electron chi connectivity index (χ4n) is 3.54. The third-order valence-electron chi connectivity index (χ3n) is 5.46. The van der Waals surface area contributed by atoms with E-state index in [0.29, 0.717) is 48.9 Å². The summed E-state index contributed by atoms with van der Waals surface area (Å²) in [7, 11) is -1.52. The lowest BCUT2D eigenvalue weighted by molar-refractivity contribution is 0.0562. The quantitative estimate of drug-likeness (QED) is 0.644.